The van der Waals surface area contributed by atoms with Crippen LogP contribution >= 0.6 is 0 Å². The molecule has 2 aromatic rings. The molecule has 0 atom stereocenters. The van der Waals surface area contributed by atoms with Gasteiger partial charge in [-0.2, -0.15) is 0 Å². The van der Waals surface area contributed by atoms with E-state index in [0.29, 0.717) is 6.42 Å². The van der Waals surface area contributed by atoms with E-state index in [1.807, 2.05) is 17.0 Å². The molecule has 0 spiro atoms. The summed E-state index contributed by atoms with van der Waals surface area (Å²) in [6.07, 6.45) is 3.37. The zero-order valence-corrected chi connectivity index (χ0v) is 20.2. The highest BCUT2D eigenvalue weighted by Crippen LogP contribution is 2.27. The van der Waals surface area contributed by atoms with Gasteiger partial charge < -0.3 is 24.2 Å². The second-order valence-corrected chi connectivity index (χ2v) is 8.75. The summed E-state index contributed by atoms with van der Waals surface area (Å²) >= 11 is 0. The molecule has 3 rings (SSSR count). The molecule has 174 valence electrons. The molecule has 2 aromatic carbocycles. The molecule has 0 bridgehead atoms. The number of hydrogen-bond acceptors (Lipinski definition) is 5. The Bertz CT molecular complexity index is 913. The van der Waals surface area contributed by atoms with Crippen LogP contribution in [0.25, 0.3) is 0 Å². The van der Waals surface area contributed by atoms with E-state index < -0.39 is 0 Å². The van der Waals surface area contributed by atoms with Gasteiger partial charge in [-0.05, 0) is 73.8 Å². The molecule has 0 aromatic heterocycles. The van der Waals surface area contributed by atoms with Crippen molar-refractivity contribution in [2.24, 2.45) is 0 Å². The molecule has 1 aliphatic rings. The topological polar surface area (TPSA) is 45.2 Å². The standard InChI is InChI=1S/C26H37N3O3/c1-27(2)23-9-8-21-19-26(30)29(16-12-22(21)18-23)14-6-13-28(3)15-11-20-7-10-24(31-4)25(17-20)32-5/h7-10,17-18H,6,11-16,19H2,1-5H3. The minimum atomic E-state index is 0.245. The van der Waals surface area contributed by atoms with E-state index in [1.165, 1.54) is 22.4 Å². The summed E-state index contributed by atoms with van der Waals surface area (Å²) in [6.45, 7) is 3.54. The van der Waals surface area contributed by atoms with Gasteiger partial charge >= 0.3 is 0 Å². The van der Waals surface area contributed by atoms with Crippen LogP contribution in [0.4, 0.5) is 5.69 Å². The van der Waals surface area contributed by atoms with E-state index in [-0.39, 0.29) is 5.91 Å². The molecule has 0 unspecified atom stereocenters. The van der Waals surface area contributed by atoms with Gasteiger partial charge in [0.05, 0.1) is 20.6 Å². The number of fused-ring (bicyclic) bond motifs is 1. The third-order valence-corrected chi connectivity index (χ3v) is 6.25. The van der Waals surface area contributed by atoms with Gasteiger partial charge in [0.1, 0.15) is 0 Å². The highest BCUT2D eigenvalue weighted by atomic mass is 16.5. The lowest BCUT2D eigenvalue weighted by atomic mass is 10.0. The van der Waals surface area contributed by atoms with Crippen molar-refractivity contribution in [1.29, 1.82) is 0 Å². The van der Waals surface area contributed by atoms with Crippen molar-refractivity contribution in [3.05, 3.63) is 53.1 Å². The molecule has 32 heavy (non-hydrogen) atoms. The lowest BCUT2D eigenvalue weighted by Crippen LogP contribution is -2.35. The van der Waals surface area contributed by atoms with E-state index in [0.717, 1.165) is 56.9 Å². The van der Waals surface area contributed by atoms with Crippen molar-refractivity contribution in [1.82, 2.24) is 9.80 Å². The second kappa shape index (κ2) is 11.2. The molecule has 1 heterocycles. The van der Waals surface area contributed by atoms with Crippen LogP contribution in [0.5, 0.6) is 11.5 Å². The minimum Gasteiger partial charge on any atom is -0.493 e. The summed E-state index contributed by atoms with van der Waals surface area (Å²) in [5.74, 6) is 1.77. The smallest absolute Gasteiger partial charge is 0.227 e. The number of hydrogen-bond donors (Lipinski definition) is 0. The third kappa shape index (κ3) is 6.16. The van der Waals surface area contributed by atoms with Gasteiger partial charge in [-0.1, -0.05) is 12.1 Å². The maximum Gasteiger partial charge on any atom is 0.227 e. The highest BCUT2D eigenvalue weighted by molar-refractivity contribution is 5.80. The van der Waals surface area contributed by atoms with E-state index in [1.54, 1.807) is 14.2 Å². The number of anilines is 1. The monoisotopic (exact) mass is 439 g/mol. The molecule has 1 amide bonds. The van der Waals surface area contributed by atoms with Crippen LogP contribution in [0.3, 0.4) is 0 Å². The fraction of sp³-hybridized carbons (Fsp3) is 0.500. The van der Waals surface area contributed by atoms with E-state index in [9.17, 15) is 4.79 Å². The lowest BCUT2D eigenvalue weighted by Gasteiger charge is -2.23. The van der Waals surface area contributed by atoms with Crippen LogP contribution in [0.1, 0.15) is 23.1 Å². The van der Waals surface area contributed by atoms with Crippen molar-refractivity contribution < 1.29 is 14.3 Å². The van der Waals surface area contributed by atoms with Crippen LogP contribution in [-0.4, -0.2) is 77.2 Å². The molecule has 1 aliphatic heterocycles. The van der Waals surface area contributed by atoms with Gasteiger partial charge in [0.15, 0.2) is 11.5 Å². The van der Waals surface area contributed by atoms with Gasteiger partial charge in [-0.15, -0.1) is 0 Å². The SMILES string of the molecule is COc1ccc(CCN(C)CCCN2CCc3cc(N(C)C)ccc3CC2=O)cc1OC. The number of likely N-dealkylation sites (N-methyl/N-ethyl adjacent to an activating group) is 1. The first-order chi connectivity index (χ1) is 15.4. The Balaban J connectivity index is 1.45. The molecule has 0 N–H and O–H groups in total. The Morgan fingerprint density at radius 2 is 1.72 bits per heavy atom. The Kier molecular flexibility index (Phi) is 8.39. The first-order valence-corrected chi connectivity index (χ1v) is 11.4. The number of benzene rings is 2. The lowest BCUT2D eigenvalue weighted by molar-refractivity contribution is -0.130. The minimum absolute atomic E-state index is 0.245. The predicted octanol–water partition coefficient (Wildman–Crippen LogP) is 3.26. The number of rotatable bonds is 10. The zero-order chi connectivity index (χ0) is 23.1. The molecule has 6 nitrogen and oxygen atoms in total. The van der Waals surface area contributed by atoms with Gasteiger partial charge in [0.2, 0.25) is 5.91 Å². The summed E-state index contributed by atoms with van der Waals surface area (Å²) in [5, 5.41) is 0. The van der Waals surface area contributed by atoms with Crippen molar-refractivity contribution in [3.8, 4) is 11.5 Å². The number of carbonyl (C=O) groups excluding carboxylic acids is 1. The molecule has 0 saturated heterocycles. The Hall–Kier alpha value is -2.73. The number of nitrogens with zero attached hydrogens (tertiary/aromatic N) is 3. The number of carbonyl (C=O) groups is 1. The van der Waals surface area contributed by atoms with E-state index >= 15 is 0 Å². The molecule has 6 heteroatoms. The van der Waals surface area contributed by atoms with Crippen LogP contribution in [0, 0.1) is 0 Å². The average Bonchev–Trinajstić information content (AvgIpc) is 2.95. The zero-order valence-electron chi connectivity index (χ0n) is 20.2. The molecule has 0 radical (unpaired) electrons. The predicted molar refractivity (Wildman–Crippen MR) is 130 cm³/mol. The number of amides is 1. The van der Waals surface area contributed by atoms with Crippen LogP contribution in [-0.2, 0) is 24.1 Å². The molecule has 0 fully saturated rings. The van der Waals surface area contributed by atoms with E-state index in [4.69, 9.17) is 9.47 Å². The molecular formula is C26H37N3O3. The molecule has 0 saturated carbocycles. The average molecular weight is 440 g/mol. The first kappa shape index (κ1) is 23.9. The van der Waals surface area contributed by atoms with Crippen molar-refractivity contribution in [3.63, 3.8) is 0 Å². The normalized spacial score (nSPS) is 13.7. The summed E-state index contributed by atoms with van der Waals surface area (Å²) in [7, 11) is 9.57. The second-order valence-electron chi connectivity index (χ2n) is 8.75. The van der Waals surface area contributed by atoms with Crippen LogP contribution in [0.2, 0.25) is 0 Å². The third-order valence-electron chi connectivity index (χ3n) is 6.25. The van der Waals surface area contributed by atoms with Crippen molar-refractivity contribution >= 4 is 11.6 Å². The quantitative estimate of drug-likeness (QED) is 0.569. The highest BCUT2D eigenvalue weighted by Gasteiger charge is 2.20. The number of ether oxygens (including phenoxy) is 2. The van der Waals surface area contributed by atoms with Crippen LogP contribution < -0.4 is 14.4 Å². The van der Waals surface area contributed by atoms with Crippen molar-refractivity contribution in [2.75, 3.05) is 66.4 Å². The Morgan fingerprint density at radius 1 is 0.938 bits per heavy atom. The fourth-order valence-corrected chi connectivity index (χ4v) is 4.19. The van der Waals surface area contributed by atoms with Crippen LogP contribution in [0.15, 0.2) is 36.4 Å². The summed E-state index contributed by atoms with van der Waals surface area (Å²) in [5.41, 5.74) is 4.90. The molecular weight excluding hydrogens is 402 g/mol. The summed E-state index contributed by atoms with van der Waals surface area (Å²) in [6, 6.07) is 12.5. The maximum atomic E-state index is 12.8. The fourth-order valence-electron chi connectivity index (χ4n) is 4.19. The van der Waals surface area contributed by atoms with Gasteiger partial charge in [0, 0.05) is 39.4 Å². The van der Waals surface area contributed by atoms with Crippen molar-refractivity contribution in [2.45, 2.75) is 25.7 Å². The van der Waals surface area contributed by atoms with Gasteiger partial charge in [-0.25, -0.2) is 0 Å². The Labute approximate surface area is 192 Å². The maximum absolute atomic E-state index is 12.8. The first-order valence-electron chi connectivity index (χ1n) is 11.4. The summed E-state index contributed by atoms with van der Waals surface area (Å²) in [4.78, 5) is 19.3. The summed E-state index contributed by atoms with van der Waals surface area (Å²) < 4.78 is 10.7. The largest absolute Gasteiger partial charge is 0.493 e. The van der Waals surface area contributed by atoms with Gasteiger partial charge in [-0.3, -0.25) is 4.79 Å². The molecule has 0 aliphatic carbocycles. The van der Waals surface area contributed by atoms with E-state index in [2.05, 4.69) is 55.2 Å². The van der Waals surface area contributed by atoms with Gasteiger partial charge in [0.25, 0.3) is 0 Å². The number of methoxy groups -OCH3 is 2. The Morgan fingerprint density at radius 3 is 2.44 bits per heavy atom.